The number of fused-ring (bicyclic) bond motifs is 2. The van der Waals surface area contributed by atoms with Gasteiger partial charge in [-0.25, -0.2) is 4.98 Å². The maximum atomic E-state index is 13.7. The number of halogens is 1. The number of anilines is 3. The summed E-state index contributed by atoms with van der Waals surface area (Å²) < 4.78 is 0. The molecule has 1 aromatic carbocycles. The molecule has 9 heteroatoms. The second-order valence-electron chi connectivity index (χ2n) is 11.4. The van der Waals surface area contributed by atoms with Crippen molar-refractivity contribution in [3.8, 4) is 0 Å². The lowest BCUT2D eigenvalue weighted by molar-refractivity contribution is -0.128. The van der Waals surface area contributed by atoms with Gasteiger partial charge >= 0.3 is 0 Å². The van der Waals surface area contributed by atoms with Crippen LogP contribution >= 0.6 is 11.6 Å². The van der Waals surface area contributed by atoms with E-state index in [2.05, 4.69) is 20.5 Å². The molecule has 1 saturated heterocycles. The molecule has 0 saturated carbocycles. The second-order valence-corrected chi connectivity index (χ2v) is 11.8. The number of Topliss-reactive ketones (excluding diaryl/α,β-unsaturated/α-hetero) is 1. The number of piperidine rings is 1. The molecular formula is C29H38ClN5O3. The summed E-state index contributed by atoms with van der Waals surface area (Å²) in [7, 11) is 0. The van der Waals surface area contributed by atoms with Crippen LogP contribution in [0.5, 0.6) is 0 Å². The molecule has 2 aliphatic heterocycles. The van der Waals surface area contributed by atoms with E-state index >= 15 is 0 Å². The zero-order valence-corrected chi connectivity index (χ0v) is 23.5. The van der Waals surface area contributed by atoms with E-state index in [1.54, 1.807) is 36.5 Å². The average molecular weight is 540 g/mol. The fraction of sp³-hybridized carbons (Fsp3) is 0.517. The van der Waals surface area contributed by atoms with Crippen LogP contribution in [-0.4, -0.2) is 59.7 Å². The van der Waals surface area contributed by atoms with Crippen molar-refractivity contribution in [1.29, 1.82) is 0 Å². The average Bonchev–Trinajstić information content (AvgIpc) is 3.00. The molecule has 2 amide bonds. The molecule has 4 rings (SSSR count). The number of pyridine rings is 1. The van der Waals surface area contributed by atoms with E-state index < -0.39 is 0 Å². The molecule has 2 N–H and O–H groups in total. The number of hydrogen-bond acceptors (Lipinski definition) is 6. The van der Waals surface area contributed by atoms with Gasteiger partial charge in [0.05, 0.1) is 29.5 Å². The number of amides is 2. The topological polar surface area (TPSA) is 94.6 Å². The van der Waals surface area contributed by atoms with E-state index in [-0.39, 0.29) is 35.6 Å². The molecule has 0 spiro atoms. The van der Waals surface area contributed by atoms with Gasteiger partial charge in [-0.2, -0.15) is 0 Å². The van der Waals surface area contributed by atoms with Crippen molar-refractivity contribution in [2.75, 3.05) is 36.4 Å². The number of hydrogen-bond donors (Lipinski definition) is 2. The monoisotopic (exact) mass is 539 g/mol. The minimum absolute atomic E-state index is 0.131. The summed E-state index contributed by atoms with van der Waals surface area (Å²) in [5.74, 6) is 0.809. The van der Waals surface area contributed by atoms with Gasteiger partial charge in [0.2, 0.25) is 5.91 Å². The van der Waals surface area contributed by atoms with Crippen LogP contribution in [0.1, 0.15) is 63.7 Å². The zero-order valence-electron chi connectivity index (χ0n) is 22.7. The molecular weight excluding hydrogens is 502 g/mol. The fourth-order valence-electron chi connectivity index (χ4n) is 5.26. The standard InChI is InChI=1S/C29H38ClN5O3/c1-19(26(37)29(2,3)4)31-13-5-7-20-11-15-34(16-12-20)18-25(36)35-24-10-9-21(30)17-22(24)28(38)33-23-8-6-14-32-27(23)35/h6,8-10,14,17,19-20,31H,5,7,11-13,15-16,18H2,1-4H3,(H,33,38). The van der Waals surface area contributed by atoms with E-state index in [4.69, 9.17) is 11.6 Å². The predicted octanol–water partition coefficient (Wildman–Crippen LogP) is 5.05. The predicted molar refractivity (Wildman–Crippen MR) is 151 cm³/mol. The second kappa shape index (κ2) is 11.9. The SMILES string of the molecule is CC(NCCCC1CCN(CC(=O)N2c3ccc(Cl)cc3C(=O)Nc3cccnc32)CC1)C(=O)C(C)(C)C. The Bertz CT molecular complexity index is 1190. The Labute approximate surface area is 230 Å². The van der Waals surface area contributed by atoms with Crippen LogP contribution in [-0.2, 0) is 9.59 Å². The first-order valence-electron chi connectivity index (χ1n) is 13.4. The van der Waals surface area contributed by atoms with E-state index in [0.717, 1.165) is 45.3 Å². The number of carbonyl (C=O) groups is 3. The first kappa shape index (κ1) is 28.2. The lowest BCUT2D eigenvalue weighted by atomic mass is 9.87. The zero-order chi connectivity index (χ0) is 27.4. The van der Waals surface area contributed by atoms with E-state index in [0.29, 0.717) is 33.7 Å². The van der Waals surface area contributed by atoms with Crippen LogP contribution in [0.4, 0.5) is 17.2 Å². The number of aromatic nitrogens is 1. The van der Waals surface area contributed by atoms with Crippen LogP contribution in [0.2, 0.25) is 5.02 Å². The molecule has 8 nitrogen and oxygen atoms in total. The Kier molecular flexibility index (Phi) is 8.85. The van der Waals surface area contributed by atoms with Crippen LogP contribution in [0.3, 0.4) is 0 Å². The number of rotatable bonds is 8. The van der Waals surface area contributed by atoms with Gasteiger partial charge in [-0.1, -0.05) is 32.4 Å². The Morgan fingerprint density at radius 3 is 2.66 bits per heavy atom. The smallest absolute Gasteiger partial charge is 0.257 e. The van der Waals surface area contributed by atoms with Crippen molar-refractivity contribution in [2.24, 2.45) is 11.3 Å². The molecule has 3 heterocycles. The van der Waals surface area contributed by atoms with E-state index in [9.17, 15) is 14.4 Å². The number of nitrogens with zero attached hydrogens (tertiary/aromatic N) is 3. The van der Waals surface area contributed by atoms with Crippen molar-refractivity contribution < 1.29 is 14.4 Å². The lowest BCUT2D eigenvalue weighted by Crippen LogP contribution is -2.42. The molecule has 0 aliphatic carbocycles. The van der Waals surface area contributed by atoms with Gasteiger partial charge in [-0.15, -0.1) is 0 Å². The number of likely N-dealkylation sites (tertiary alicyclic amines) is 1. The minimum Gasteiger partial charge on any atom is -0.319 e. The number of ketones is 1. The highest BCUT2D eigenvalue weighted by atomic mass is 35.5. The summed E-state index contributed by atoms with van der Waals surface area (Å²) in [6, 6.07) is 8.31. The van der Waals surface area contributed by atoms with Gasteiger partial charge in [-0.05, 0) is 88.5 Å². The molecule has 38 heavy (non-hydrogen) atoms. The maximum absolute atomic E-state index is 13.7. The molecule has 0 radical (unpaired) electrons. The van der Waals surface area contributed by atoms with Crippen molar-refractivity contribution in [1.82, 2.24) is 15.2 Å². The van der Waals surface area contributed by atoms with Gasteiger partial charge < -0.3 is 10.6 Å². The summed E-state index contributed by atoms with van der Waals surface area (Å²) in [5.41, 5.74) is 0.984. The summed E-state index contributed by atoms with van der Waals surface area (Å²) in [4.78, 5) is 47.0. The fourth-order valence-corrected chi connectivity index (χ4v) is 5.43. The lowest BCUT2D eigenvalue weighted by Gasteiger charge is -2.33. The number of carbonyl (C=O) groups excluding carboxylic acids is 3. The molecule has 1 atom stereocenters. The molecule has 1 aromatic heterocycles. The first-order chi connectivity index (χ1) is 18.0. The summed E-state index contributed by atoms with van der Waals surface area (Å²) in [6.45, 7) is 10.6. The Morgan fingerprint density at radius 2 is 1.95 bits per heavy atom. The maximum Gasteiger partial charge on any atom is 0.257 e. The Balaban J connectivity index is 1.33. The molecule has 2 aromatic rings. The molecule has 1 fully saturated rings. The summed E-state index contributed by atoms with van der Waals surface area (Å²) >= 11 is 6.17. The largest absolute Gasteiger partial charge is 0.319 e. The van der Waals surface area contributed by atoms with Crippen LogP contribution in [0.15, 0.2) is 36.5 Å². The first-order valence-corrected chi connectivity index (χ1v) is 13.8. The third-order valence-corrected chi connectivity index (χ3v) is 7.61. The van der Waals surface area contributed by atoms with Gasteiger partial charge in [0.25, 0.3) is 5.91 Å². The van der Waals surface area contributed by atoms with E-state index in [1.807, 2.05) is 27.7 Å². The Hall–Kier alpha value is -2.81. The molecule has 1 unspecified atom stereocenters. The van der Waals surface area contributed by atoms with Crippen LogP contribution in [0, 0.1) is 11.3 Å². The van der Waals surface area contributed by atoms with Gasteiger partial charge in [0.1, 0.15) is 0 Å². The van der Waals surface area contributed by atoms with Crippen molar-refractivity contribution in [2.45, 2.75) is 59.4 Å². The third kappa shape index (κ3) is 6.60. The normalized spacial score (nSPS) is 17.3. The Morgan fingerprint density at radius 1 is 1.21 bits per heavy atom. The van der Waals surface area contributed by atoms with Crippen molar-refractivity contribution in [3.05, 3.63) is 47.1 Å². The van der Waals surface area contributed by atoms with Crippen LogP contribution in [0.25, 0.3) is 0 Å². The molecule has 204 valence electrons. The minimum atomic E-state index is -0.330. The highest BCUT2D eigenvalue weighted by molar-refractivity contribution is 6.31. The van der Waals surface area contributed by atoms with E-state index in [1.165, 1.54) is 4.90 Å². The summed E-state index contributed by atoms with van der Waals surface area (Å²) in [6.07, 6.45) is 5.82. The number of nitrogens with one attached hydrogen (secondary N) is 2. The third-order valence-electron chi connectivity index (χ3n) is 7.38. The van der Waals surface area contributed by atoms with Gasteiger partial charge in [0, 0.05) is 16.6 Å². The molecule has 0 bridgehead atoms. The van der Waals surface area contributed by atoms with Gasteiger partial charge in [0.15, 0.2) is 11.6 Å². The highest BCUT2D eigenvalue weighted by Crippen LogP contribution is 2.37. The highest BCUT2D eigenvalue weighted by Gasteiger charge is 2.32. The van der Waals surface area contributed by atoms with Crippen molar-refractivity contribution in [3.63, 3.8) is 0 Å². The number of benzene rings is 1. The molecule has 2 aliphatic rings. The van der Waals surface area contributed by atoms with Crippen molar-refractivity contribution >= 4 is 46.4 Å². The quantitative estimate of drug-likeness (QED) is 0.456. The summed E-state index contributed by atoms with van der Waals surface area (Å²) in [5, 5.41) is 6.66. The van der Waals surface area contributed by atoms with Gasteiger partial charge in [-0.3, -0.25) is 24.2 Å². The van der Waals surface area contributed by atoms with Crippen LogP contribution < -0.4 is 15.5 Å².